The monoisotopic (exact) mass is 558 g/mol. The molecule has 9 rings (SSSR count). The first-order chi connectivity index (χ1) is 26.3. The van der Waals surface area contributed by atoms with Crippen molar-refractivity contribution < 1.29 is 20.9 Å². The average molecular weight is 559 g/mol. The number of fused-ring (bicyclic) bond motifs is 6. The van der Waals surface area contributed by atoms with Gasteiger partial charge in [-0.15, -0.1) is 0 Å². The number of hydrogen-bond donors (Lipinski definition) is 0. The summed E-state index contributed by atoms with van der Waals surface area (Å²) in [4.78, 5) is 0. The van der Waals surface area contributed by atoms with E-state index in [1.165, 1.54) is 0 Å². The van der Waals surface area contributed by atoms with E-state index in [9.17, 15) is 2.74 Å². The molecule has 0 fully saturated rings. The highest BCUT2D eigenvalue weighted by Crippen LogP contribution is 2.48. The predicted octanol–water partition coefficient (Wildman–Crippen LogP) is 12.0. The summed E-state index contributed by atoms with van der Waals surface area (Å²) in [5.41, 5.74) is 3.24. The molecular weight excluding hydrogens is 520 g/mol. The first-order valence-electron chi connectivity index (χ1n) is 19.8. The van der Waals surface area contributed by atoms with Crippen molar-refractivity contribution in [3.05, 3.63) is 157 Å². The van der Waals surface area contributed by atoms with E-state index in [2.05, 4.69) is 0 Å². The van der Waals surface area contributed by atoms with E-state index in [4.69, 9.17) is 18.1 Å². The number of rotatable bonds is 3. The first kappa shape index (κ1) is 15.0. The highest BCUT2D eigenvalue weighted by Gasteiger charge is 2.22. The first-order valence-corrected chi connectivity index (χ1v) is 13.8. The van der Waals surface area contributed by atoms with Crippen molar-refractivity contribution in [2.45, 2.75) is 0 Å². The third-order valence-electron chi connectivity index (χ3n) is 8.00. The van der Waals surface area contributed by atoms with Crippen LogP contribution in [0.3, 0.4) is 0 Å². The summed E-state index contributed by atoms with van der Waals surface area (Å²) in [5, 5.41) is 3.79. The normalized spacial score (nSPS) is 15.6. The quantitative estimate of drug-likeness (QED) is 0.197. The van der Waals surface area contributed by atoms with E-state index in [1.807, 2.05) is 78.9 Å². The SMILES string of the molecule is [2H]c1c([2H])c([2H])c(-c2ccc(-c3c4ccccc4c(-c4c([2H])c([2H])c5c([2H])c([2H])c([2H])c([2H])c5c4[2H])c4ccccc34)c3c2oc2ccccc23)c([2H])c1[2H]. The summed E-state index contributed by atoms with van der Waals surface area (Å²) in [6, 6.07) is 20.8. The van der Waals surface area contributed by atoms with Gasteiger partial charge in [0.2, 0.25) is 0 Å². The van der Waals surface area contributed by atoms with Crippen LogP contribution in [0, 0.1) is 0 Å². The van der Waals surface area contributed by atoms with Crippen LogP contribution in [-0.2, 0) is 0 Å². The van der Waals surface area contributed by atoms with Gasteiger partial charge in [-0.1, -0.05) is 139 Å². The van der Waals surface area contributed by atoms with E-state index in [0.717, 1.165) is 27.3 Å². The molecule has 8 aromatic carbocycles. The summed E-state index contributed by atoms with van der Waals surface area (Å²) < 4.78 is 110. The molecule has 0 saturated heterocycles. The number of furan rings is 1. The van der Waals surface area contributed by atoms with Gasteiger partial charge in [-0.05, 0) is 78.3 Å². The van der Waals surface area contributed by atoms with Gasteiger partial charge in [0, 0.05) is 16.3 Å². The Bertz CT molecular complexity index is 3100. The Morgan fingerprint density at radius 1 is 0.442 bits per heavy atom. The molecule has 43 heavy (non-hydrogen) atoms. The molecule has 1 heteroatoms. The van der Waals surface area contributed by atoms with Crippen molar-refractivity contribution in [2.75, 3.05) is 0 Å². The zero-order chi connectivity index (χ0) is 38.8. The Hall–Kier alpha value is -5.66. The smallest absolute Gasteiger partial charge is 0.143 e. The van der Waals surface area contributed by atoms with Crippen molar-refractivity contribution in [2.24, 2.45) is 0 Å². The van der Waals surface area contributed by atoms with Gasteiger partial charge in [-0.3, -0.25) is 0 Å². The van der Waals surface area contributed by atoms with Crippen LogP contribution >= 0.6 is 0 Å². The second-order valence-electron chi connectivity index (χ2n) is 10.3. The van der Waals surface area contributed by atoms with Gasteiger partial charge in [0.25, 0.3) is 0 Å². The second kappa shape index (κ2) is 9.44. The molecule has 200 valence electrons. The van der Waals surface area contributed by atoms with Gasteiger partial charge in [0.05, 0.1) is 16.4 Å². The lowest BCUT2D eigenvalue weighted by Crippen LogP contribution is -1.92. The van der Waals surface area contributed by atoms with E-state index in [-0.39, 0.29) is 46.1 Å². The van der Waals surface area contributed by atoms with Crippen LogP contribution in [0.4, 0.5) is 0 Å². The standard InChI is InChI=1S/C42H26O/c1-2-13-28(14-3-1)31-24-25-37(41-36-20-10-11-21-38(36)43-42(31)41)40-34-18-8-6-16-32(34)39(33-17-7-9-19-35(33)40)30-23-22-27-12-4-5-15-29(27)26-30/h1-26H/i1D,2D,3D,4D,5D,12D,13D,14D,15D,22D,23D,26D. The number of para-hydroxylation sites is 1. The van der Waals surface area contributed by atoms with E-state index >= 15 is 0 Å². The van der Waals surface area contributed by atoms with E-state index in [1.54, 1.807) is 6.07 Å². The van der Waals surface area contributed by atoms with E-state index < -0.39 is 48.3 Å². The van der Waals surface area contributed by atoms with Crippen molar-refractivity contribution in [1.82, 2.24) is 0 Å². The molecule has 0 saturated carbocycles. The minimum atomic E-state index is -0.534. The Morgan fingerprint density at radius 3 is 1.74 bits per heavy atom. The third kappa shape index (κ3) is 3.65. The molecule has 0 radical (unpaired) electrons. The topological polar surface area (TPSA) is 13.1 Å². The molecule has 0 bridgehead atoms. The molecule has 0 aliphatic heterocycles. The maximum Gasteiger partial charge on any atom is 0.143 e. The van der Waals surface area contributed by atoms with Crippen LogP contribution in [0.5, 0.6) is 0 Å². The van der Waals surface area contributed by atoms with Crippen LogP contribution in [0.25, 0.3) is 87.6 Å². The molecule has 0 amide bonds. The van der Waals surface area contributed by atoms with Gasteiger partial charge >= 0.3 is 0 Å². The lowest BCUT2D eigenvalue weighted by Gasteiger charge is -2.19. The lowest BCUT2D eigenvalue weighted by atomic mass is 9.84. The summed E-state index contributed by atoms with van der Waals surface area (Å²) in [7, 11) is 0. The Kier molecular flexibility index (Phi) is 3.29. The van der Waals surface area contributed by atoms with Crippen molar-refractivity contribution >= 4 is 54.3 Å². The molecule has 9 aromatic rings. The van der Waals surface area contributed by atoms with Gasteiger partial charge in [0.15, 0.2) is 0 Å². The fourth-order valence-corrected chi connectivity index (χ4v) is 6.21. The fourth-order valence-electron chi connectivity index (χ4n) is 6.21. The van der Waals surface area contributed by atoms with Crippen molar-refractivity contribution in [3.63, 3.8) is 0 Å². The molecular formula is C42H26O. The third-order valence-corrected chi connectivity index (χ3v) is 8.00. The van der Waals surface area contributed by atoms with Gasteiger partial charge < -0.3 is 4.42 Å². The molecule has 1 nitrogen and oxygen atoms in total. The molecule has 0 unspecified atom stereocenters. The zero-order valence-electron chi connectivity index (χ0n) is 34.5. The largest absolute Gasteiger partial charge is 0.455 e. The molecule has 0 aliphatic carbocycles. The Labute approximate surface area is 266 Å². The van der Waals surface area contributed by atoms with Crippen LogP contribution < -0.4 is 0 Å². The van der Waals surface area contributed by atoms with Gasteiger partial charge in [0.1, 0.15) is 11.2 Å². The summed E-state index contributed by atoms with van der Waals surface area (Å²) in [6.07, 6.45) is 0. The molecule has 0 atom stereocenters. The van der Waals surface area contributed by atoms with Crippen molar-refractivity contribution in [1.29, 1.82) is 0 Å². The zero-order valence-corrected chi connectivity index (χ0v) is 22.5. The number of benzene rings is 8. The van der Waals surface area contributed by atoms with Crippen molar-refractivity contribution in [3.8, 4) is 33.4 Å². The lowest BCUT2D eigenvalue weighted by molar-refractivity contribution is 0.670. The van der Waals surface area contributed by atoms with E-state index in [0.29, 0.717) is 38.5 Å². The second-order valence-corrected chi connectivity index (χ2v) is 10.3. The fraction of sp³-hybridized carbons (Fsp3) is 0. The van der Waals surface area contributed by atoms with Crippen LogP contribution in [0.2, 0.25) is 0 Å². The highest BCUT2D eigenvalue weighted by atomic mass is 16.3. The van der Waals surface area contributed by atoms with Crippen LogP contribution in [-0.4, -0.2) is 0 Å². The predicted molar refractivity (Wildman–Crippen MR) is 183 cm³/mol. The van der Waals surface area contributed by atoms with Gasteiger partial charge in [-0.25, -0.2) is 0 Å². The molecule has 0 N–H and O–H groups in total. The maximum atomic E-state index is 9.42. The summed E-state index contributed by atoms with van der Waals surface area (Å²) in [5.74, 6) is 0. The summed E-state index contributed by atoms with van der Waals surface area (Å²) >= 11 is 0. The minimum Gasteiger partial charge on any atom is -0.455 e. The van der Waals surface area contributed by atoms with Crippen LogP contribution in [0.1, 0.15) is 16.4 Å². The highest BCUT2D eigenvalue weighted by molar-refractivity contribution is 6.26. The Balaban J connectivity index is 1.45. The Morgan fingerprint density at radius 2 is 1.02 bits per heavy atom. The molecule has 1 heterocycles. The number of hydrogen-bond acceptors (Lipinski definition) is 1. The van der Waals surface area contributed by atoms with Crippen LogP contribution in [0.15, 0.2) is 162 Å². The molecule has 0 aliphatic rings. The summed E-state index contributed by atoms with van der Waals surface area (Å²) in [6.45, 7) is 0. The molecule has 1 aromatic heterocycles. The molecule has 0 spiro atoms. The minimum absolute atomic E-state index is 0.0121. The van der Waals surface area contributed by atoms with Gasteiger partial charge in [-0.2, -0.15) is 0 Å². The average Bonchev–Trinajstić information content (AvgIpc) is 3.59. The maximum absolute atomic E-state index is 9.42.